The van der Waals surface area contributed by atoms with Gasteiger partial charge in [-0.1, -0.05) is 6.92 Å². The molecule has 1 unspecified atom stereocenters. The molecule has 0 aliphatic heterocycles. The summed E-state index contributed by atoms with van der Waals surface area (Å²) in [5, 5.41) is 8.71. The largest absolute Gasteiger partial charge is 0.478 e. The lowest BCUT2D eigenvalue weighted by Crippen LogP contribution is -2.44. The third kappa shape index (κ3) is 2.37. The van der Waals surface area contributed by atoms with Gasteiger partial charge in [-0.15, -0.1) is 11.6 Å². The van der Waals surface area contributed by atoms with Gasteiger partial charge in [0.05, 0.1) is 5.88 Å². The number of rotatable bonds is 4. The van der Waals surface area contributed by atoms with Crippen LogP contribution >= 0.6 is 11.6 Å². The Morgan fingerprint density at radius 3 is 2.17 bits per heavy atom. The molecule has 0 spiro atoms. The van der Waals surface area contributed by atoms with Gasteiger partial charge in [0.2, 0.25) is 5.60 Å². The number of carboxylic acids is 1. The van der Waals surface area contributed by atoms with Crippen LogP contribution in [0, 0.1) is 0 Å². The molecule has 0 aromatic rings. The van der Waals surface area contributed by atoms with Crippen molar-refractivity contribution in [3.63, 3.8) is 0 Å². The van der Waals surface area contributed by atoms with Gasteiger partial charge in [0.1, 0.15) is 0 Å². The van der Waals surface area contributed by atoms with Crippen LogP contribution in [0.2, 0.25) is 0 Å². The predicted octanol–water partition coefficient (Wildman–Crippen LogP) is 1.02. The molecular formula is C7H11ClO4. The third-order valence-electron chi connectivity index (χ3n) is 1.52. The lowest BCUT2D eigenvalue weighted by Gasteiger charge is -2.24. The van der Waals surface area contributed by atoms with E-state index in [1.807, 2.05) is 0 Å². The lowest BCUT2D eigenvalue weighted by molar-refractivity contribution is -0.174. The van der Waals surface area contributed by atoms with Crippen LogP contribution in [0.15, 0.2) is 0 Å². The Kier molecular flexibility index (Phi) is 4.03. The molecule has 0 fully saturated rings. The Morgan fingerprint density at radius 1 is 1.58 bits per heavy atom. The van der Waals surface area contributed by atoms with Gasteiger partial charge < -0.3 is 9.84 Å². The Bertz CT molecular complexity index is 186. The number of carbonyl (C=O) groups is 2. The molecule has 1 N–H and O–H groups in total. The average molecular weight is 195 g/mol. The number of ether oxygens (including phenoxy) is 1. The van der Waals surface area contributed by atoms with E-state index < -0.39 is 17.5 Å². The minimum absolute atomic E-state index is 0.158. The standard InChI is InChI=1S/C7H11ClO4/c1-3-7(4-8,6(10)11)12-5(2)9/h3-4H2,1-2H3,(H,10,11). The highest BCUT2D eigenvalue weighted by Crippen LogP contribution is 2.18. The Balaban J connectivity index is 4.58. The Labute approximate surface area is 75.5 Å². The van der Waals surface area contributed by atoms with Crippen molar-refractivity contribution in [2.75, 3.05) is 5.88 Å². The molecule has 0 radical (unpaired) electrons. The van der Waals surface area contributed by atoms with Crippen molar-refractivity contribution in [1.29, 1.82) is 0 Å². The second kappa shape index (κ2) is 4.30. The van der Waals surface area contributed by atoms with Gasteiger partial charge in [0.15, 0.2) is 0 Å². The van der Waals surface area contributed by atoms with Crippen molar-refractivity contribution in [1.82, 2.24) is 0 Å². The van der Waals surface area contributed by atoms with Crippen LogP contribution in [0.3, 0.4) is 0 Å². The van der Waals surface area contributed by atoms with Crippen LogP contribution in [0.5, 0.6) is 0 Å². The number of hydrogen-bond donors (Lipinski definition) is 1. The number of carbonyl (C=O) groups excluding carboxylic acids is 1. The minimum atomic E-state index is -1.56. The van der Waals surface area contributed by atoms with Gasteiger partial charge >= 0.3 is 11.9 Å². The first-order chi connectivity index (χ1) is 5.48. The molecule has 1 atom stereocenters. The highest BCUT2D eigenvalue weighted by molar-refractivity contribution is 6.20. The number of alkyl halides is 1. The molecule has 0 aromatic heterocycles. The Morgan fingerprint density at radius 2 is 2.08 bits per heavy atom. The first-order valence-electron chi connectivity index (χ1n) is 3.47. The van der Waals surface area contributed by atoms with E-state index in [2.05, 4.69) is 4.74 Å². The van der Waals surface area contributed by atoms with Crippen LogP contribution in [-0.2, 0) is 14.3 Å². The topological polar surface area (TPSA) is 63.6 Å². The van der Waals surface area contributed by atoms with E-state index in [9.17, 15) is 9.59 Å². The molecule has 4 nitrogen and oxygen atoms in total. The number of hydrogen-bond acceptors (Lipinski definition) is 3. The molecule has 70 valence electrons. The number of aliphatic carboxylic acids is 1. The van der Waals surface area contributed by atoms with Crippen LogP contribution in [0.1, 0.15) is 20.3 Å². The number of carboxylic acid groups (broad SMARTS) is 1. The van der Waals surface area contributed by atoms with Gasteiger partial charge in [0.25, 0.3) is 0 Å². The maximum absolute atomic E-state index is 10.7. The normalized spacial score (nSPS) is 14.9. The molecule has 5 heteroatoms. The number of esters is 1. The predicted molar refractivity (Wildman–Crippen MR) is 43.1 cm³/mol. The average Bonchev–Trinajstić information content (AvgIpc) is 1.99. The van der Waals surface area contributed by atoms with E-state index >= 15 is 0 Å². The SMILES string of the molecule is CCC(CCl)(OC(C)=O)C(=O)O. The van der Waals surface area contributed by atoms with Crippen molar-refractivity contribution in [2.45, 2.75) is 25.9 Å². The molecule has 0 aromatic carbocycles. The molecular weight excluding hydrogens is 184 g/mol. The molecule has 0 bridgehead atoms. The quantitative estimate of drug-likeness (QED) is 0.536. The molecule has 0 amide bonds. The monoisotopic (exact) mass is 194 g/mol. The fourth-order valence-electron chi connectivity index (χ4n) is 0.721. The number of halogens is 1. The fraction of sp³-hybridized carbons (Fsp3) is 0.714. The zero-order valence-corrected chi connectivity index (χ0v) is 7.72. The van der Waals surface area contributed by atoms with E-state index in [0.29, 0.717) is 0 Å². The third-order valence-corrected chi connectivity index (χ3v) is 1.95. The van der Waals surface area contributed by atoms with E-state index in [-0.39, 0.29) is 12.3 Å². The van der Waals surface area contributed by atoms with Crippen molar-refractivity contribution < 1.29 is 19.4 Å². The molecule has 0 saturated heterocycles. The fourth-order valence-corrected chi connectivity index (χ4v) is 1.08. The summed E-state index contributed by atoms with van der Waals surface area (Å²) in [7, 11) is 0. The van der Waals surface area contributed by atoms with Gasteiger partial charge in [-0.2, -0.15) is 0 Å². The molecule has 0 aliphatic rings. The highest BCUT2D eigenvalue weighted by Gasteiger charge is 2.39. The first kappa shape index (κ1) is 11.2. The maximum atomic E-state index is 10.7. The first-order valence-corrected chi connectivity index (χ1v) is 4.01. The molecule has 0 rings (SSSR count). The summed E-state index contributed by atoms with van der Waals surface area (Å²) >= 11 is 5.41. The van der Waals surface area contributed by atoms with Crippen LogP contribution in [0.25, 0.3) is 0 Å². The summed E-state index contributed by atoms with van der Waals surface area (Å²) in [6, 6.07) is 0. The summed E-state index contributed by atoms with van der Waals surface area (Å²) in [6.07, 6.45) is 0.158. The van der Waals surface area contributed by atoms with Crippen molar-refractivity contribution in [3.05, 3.63) is 0 Å². The van der Waals surface area contributed by atoms with E-state index in [1.54, 1.807) is 6.92 Å². The Hall–Kier alpha value is -0.770. The smallest absolute Gasteiger partial charge is 0.349 e. The second-order valence-electron chi connectivity index (χ2n) is 2.38. The zero-order valence-electron chi connectivity index (χ0n) is 6.96. The van der Waals surface area contributed by atoms with Gasteiger partial charge in [-0.25, -0.2) is 4.79 Å². The minimum Gasteiger partial charge on any atom is -0.478 e. The van der Waals surface area contributed by atoms with Crippen molar-refractivity contribution >= 4 is 23.5 Å². The van der Waals surface area contributed by atoms with Crippen LogP contribution in [0.4, 0.5) is 0 Å². The second-order valence-corrected chi connectivity index (χ2v) is 2.65. The summed E-state index contributed by atoms with van der Waals surface area (Å²) < 4.78 is 4.63. The molecule has 12 heavy (non-hydrogen) atoms. The summed E-state index contributed by atoms with van der Waals surface area (Å²) in [6.45, 7) is 2.75. The van der Waals surface area contributed by atoms with Crippen molar-refractivity contribution in [2.24, 2.45) is 0 Å². The molecule has 0 saturated carbocycles. The van der Waals surface area contributed by atoms with E-state index in [4.69, 9.17) is 16.7 Å². The zero-order chi connectivity index (χ0) is 9.78. The van der Waals surface area contributed by atoms with E-state index in [0.717, 1.165) is 6.92 Å². The summed E-state index contributed by atoms with van der Waals surface area (Å²) in [5.74, 6) is -2.09. The van der Waals surface area contributed by atoms with Crippen LogP contribution in [-0.4, -0.2) is 28.5 Å². The maximum Gasteiger partial charge on any atom is 0.349 e. The van der Waals surface area contributed by atoms with Gasteiger partial charge in [0, 0.05) is 6.92 Å². The van der Waals surface area contributed by atoms with Crippen LogP contribution < -0.4 is 0 Å². The molecule has 0 heterocycles. The summed E-state index contributed by atoms with van der Waals surface area (Å²) in [4.78, 5) is 21.2. The lowest BCUT2D eigenvalue weighted by atomic mass is 10.0. The van der Waals surface area contributed by atoms with Crippen molar-refractivity contribution in [3.8, 4) is 0 Å². The summed E-state index contributed by atoms with van der Waals surface area (Å²) in [5.41, 5.74) is -1.56. The van der Waals surface area contributed by atoms with Gasteiger partial charge in [-0.3, -0.25) is 4.79 Å². The van der Waals surface area contributed by atoms with Gasteiger partial charge in [-0.05, 0) is 6.42 Å². The highest BCUT2D eigenvalue weighted by atomic mass is 35.5. The molecule has 0 aliphatic carbocycles. The van der Waals surface area contributed by atoms with E-state index in [1.165, 1.54) is 0 Å².